The normalized spacial score (nSPS) is 11.9. The van der Waals surface area contributed by atoms with E-state index in [-0.39, 0.29) is 0 Å². The lowest BCUT2D eigenvalue weighted by molar-refractivity contribution is 0.669. The summed E-state index contributed by atoms with van der Waals surface area (Å²) in [5, 5.41) is 14.4. The van der Waals surface area contributed by atoms with E-state index in [2.05, 4.69) is 170 Å². The molecule has 4 nitrogen and oxygen atoms in total. The molecule has 11 aromatic carbocycles. The van der Waals surface area contributed by atoms with Crippen LogP contribution < -0.4 is 0 Å². The molecule has 13 rings (SSSR count). The zero-order valence-corrected chi connectivity index (χ0v) is 32.8. The second kappa shape index (κ2) is 13.2. The molecule has 13 aromatic rings. The van der Waals surface area contributed by atoms with E-state index in [0.717, 1.165) is 66.1 Å². The van der Waals surface area contributed by atoms with Gasteiger partial charge in [-0.1, -0.05) is 176 Å². The second-order valence-corrected chi connectivity index (χ2v) is 15.9. The highest BCUT2D eigenvalue weighted by atomic mass is 16.3. The fourth-order valence-electron chi connectivity index (χ4n) is 9.70. The van der Waals surface area contributed by atoms with Gasteiger partial charge in [-0.25, -0.2) is 15.0 Å². The maximum Gasteiger partial charge on any atom is 0.164 e. The van der Waals surface area contributed by atoms with Crippen LogP contribution in [0.5, 0.6) is 0 Å². The minimum atomic E-state index is 0.623. The van der Waals surface area contributed by atoms with E-state index in [1.807, 2.05) is 30.3 Å². The second-order valence-electron chi connectivity index (χ2n) is 15.9. The first kappa shape index (κ1) is 33.7. The number of furan rings is 1. The van der Waals surface area contributed by atoms with E-state index in [1.54, 1.807) is 0 Å². The SMILES string of the molecule is c1ccc(-c2nc(-c3cccc(-c4ccc5ccc6cccc7ccc4c5c67)c3)nc(-c3ccc(-c4cc5oc6ccccc6c5c5ccccc45)c4ccccc34)n2)cc1. The lowest BCUT2D eigenvalue weighted by Gasteiger charge is -2.15. The van der Waals surface area contributed by atoms with Gasteiger partial charge in [-0.2, -0.15) is 0 Å². The fourth-order valence-corrected chi connectivity index (χ4v) is 9.70. The first-order valence-electron chi connectivity index (χ1n) is 20.7. The number of benzene rings is 11. The number of fused-ring (bicyclic) bond motifs is 6. The first-order valence-corrected chi connectivity index (χ1v) is 20.7. The molecule has 0 radical (unpaired) electrons. The molecule has 0 saturated carbocycles. The third kappa shape index (κ3) is 5.22. The van der Waals surface area contributed by atoms with Gasteiger partial charge in [-0.3, -0.25) is 0 Å². The molecule has 0 amide bonds. The number of para-hydroxylation sites is 1. The standard InChI is InChI=1S/C57H33N3O/c1-2-12-37(13-3-1)55-58-56(39-17-11-16-38(32-39)40-28-26-36-25-24-34-14-10-15-35-27-29-46(40)53(36)52(34)35)60-57(59-55)47-31-30-44(41-18-4-5-19-42(41)47)49-33-51-54(45-21-7-6-20-43(45)49)48-22-8-9-23-50(48)61-51/h1-33H. The Labute approximate surface area is 350 Å². The molecule has 0 spiro atoms. The van der Waals surface area contributed by atoms with Gasteiger partial charge in [0, 0.05) is 27.5 Å². The minimum absolute atomic E-state index is 0.623. The van der Waals surface area contributed by atoms with Crippen LogP contribution in [0.3, 0.4) is 0 Å². The van der Waals surface area contributed by atoms with Gasteiger partial charge in [0.1, 0.15) is 11.2 Å². The van der Waals surface area contributed by atoms with Crippen LogP contribution in [-0.2, 0) is 0 Å². The largest absolute Gasteiger partial charge is 0.456 e. The molecule has 61 heavy (non-hydrogen) atoms. The molecule has 0 atom stereocenters. The van der Waals surface area contributed by atoms with Gasteiger partial charge in [-0.15, -0.1) is 0 Å². The lowest BCUT2D eigenvalue weighted by Crippen LogP contribution is -2.01. The predicted octanol–water partition coefficient (Wildman–Crippen LogP) is 15.3. The molecule has 2 aromatic heterocycles. The van der Waals surface area contributed by atoms with Crippen molar-refractivity contribution in [2.75, 3.05) is 0 Å². The number of nitrogens with zero attached hydrogens (tertiary/aromatic N) is 3. The summed E-state index contributed by atoms with van der Waals surface area (Å²) in [6.07, 6.45) is 0. The average Bonchev–Trinajstić information content (AvgIpc) is 3.72. The van der Waals surface area contributed by atoms with Crippen LogP contribution in [0.1, 0.15) is 0 Å². The van der Waals surface area contributed by atoms with E-state index in [4.69, 9.17) is 19.4 Å². The predicted molar refractivity (Wildman–Crippen MR) is 253 cm³/mol. The Kier molecular flexibility index (Phi) is 7.27. The van der Waals surface area contributed by atoms with Crippen molar-refractivity contribution >= 4 is 75.8 Å². The van der Waals surface area contributed by atoms with E-state index in [0.29, 0.717) is 17.5 Å². The zero-order valence-electron chi connectivity index (χ0n) is 32.8. The topological polar surface area (TPSA) is 51.8 Å². The van der Waals surface area contributed by atoms with Gasteiger partial charge < -0.3 is 4.42 Å². The van der Waals surface area contributed by atoms with E-state index in [1.165, 1.54) is 48.7 Å². The smallest absolute Gasteiger partial charge is 0.164 e. The summed E-state index contributed by atoms with van der Waals surface area (Å²) >= 11 is 0. The molecule has 0 fully saturated rings. The van der Waals surface area contributed by atoms with Crippen LogP contribution in [-0.4, -0.2) is 15.0 Å². The Hall–Kier alpha value is -8.21. The summed E-state index contributed by atoms with van der Waals surface area (Å²) < 4.78 is 6.50. The van der Waals surface area contributed by atoms with Crippen LogP contribution in [0.25, 0.3) is 132 Å². The maximum absolute atomic E-state index is 6.50. The summed E-state index contributed by atoms with van der Waals surface area (Å²) in [4.78, 5) is 15.6. The van der Waals surface area contributed by atoms with Gasteiger partial charge >= 0.3 is 0 Å². The molecule has 0 unspecified atom stereocenters. The van der Waals surface area contributed by atoms with Crippen LogP contribution in [0.4, 0.5) is 0 Å². The molecule has 2 heterocycles. The number of rotatable bonds is 5. The summed E-state index contributed by atoms with van der Waals surface area (Å²) in [5.74, 6) is 1.87. The van der Waals surface area contributed by atoms with Crippen molar-refractivity contribution in [1.82, 2.24) is 15.0 Å². The van der Waals surface area contributed by atoms with E-state index < -0.39 is 0 Å². The van der Waals surface area contributed by atoms with Crippen LogP contribution in [0.15, 0.2) is 205 Å². The van der Waals surface area contributed by atoms with Crippen LogP contribution in [0.2, 0.25) is 0 Å². The van der Waals surface area contributed by atoms with Gasteiger partial charge in [-0.05, 0) is 100 Å². The summed E-state index contributed by atoms with van der Waals surface area (Å²) in [6.45, 7) is 0. The van der Waals surface area contributed by atoms with Crippen molar-refractivity contribution in [3.8, 4) is 56.4 Å². The molecule has 0 aliphatic heterocycles. The van der Waals surface area contributed by atoms with Gasteiger partial charge in [0.15, 0.2) is 17.5 Å². The van der Waals surface area contributed by atoms with Crippen molar-refractivity contribution < 1.29 is 4.42 Å². The summed E-state index contributed by atoms with van der Waals surface area (Å²) in [7, 11) is 0. The molecule has 4 heteroatoms. The molecule has 0 N–H and O–H groups in total. The quantitative estimate of drug-likeness (QED) is 0.163. The van der Waals surface area contributed by atoms with E-state index >= 15 is 0 Å². The minimum Gasteiger partial charge on any atom is -0.456 e. The molecule has 282 valence electrons. The van der Waals surface area contributed by atoms with Gasteiger partial charge in [0.25, 0.3) is 0 Å². The van der Waals surface area contributed by atoms with Crippen molar-refractivity contribution in [2.24, 2.45) is 0 Å². The summed E-state index contributed by atoms with van der Waals surface area (Å²) in [6, 6.07) is 71.0. The number of hydrogen-bond donors (Lipinski definition) is 0. The highest BCUT2D eigenvalue weighted by Crippen LogP contribution is 2.44. The summed E-state index contributed by atoms with van der Waals surface area (Å²) in [5.41, 5.74) is 9.10. The molecule has 0 aliphatic rings. The maximum atomic E-state index is 6.50. The third-order valence-corrected chi connectivity index (χ3v) is 12.5. The van der Waals surface area contributed by atoms with Gasteiger partial charge in [0.05, 0.1) is 0 Å². The first-order chi connectivity index (χ1) is 30.2. The Morgan fingerprint density at radius 3 is 1.61 bits per heavy atom. The highest BCUT2D eigenvalue weighted by molar-refractivity contribution is 6.26. The Morgan fingerprint density at radius 2 is 0.803 bits per heavy atom. The van der Waals surface area contributed by atoms with E-state index in [9.17, 15) is 0 Å². The van der Waals surface area contributed by atoms with Crippen LogP contribution in [0, 0.1) is 0 Å². The van der Waals surface area contributed by atoms with Crippen molar-refractivity contribution in [3.05, 3.63) is 200 Å². The Morgan fingerprint density at radius 1 is 0.262 bits per heavy atom. The lowest BCUT2D eigenvalue weighted by atomic mass is 9.89. The average molecular weight is 776 g/mol. The highest BCUT2D eigenvalue weighted by Gasteiger charge is 2.20. The molecule has 0 saturated heterocycles. The van der Waals surface area contributed by atoms with Crippen molar-refractivity contribution in [1.29, 1.82) is 0 Å². The molecular weight excluding hydrogens is 743 g/mol. The molecular formula is C57H33N3O. The Bertz CT molecular complexity index is 3870. The molecule has 0 aliphatic carbocycles. The zero-order chi connectivity index (χ0) is 40.0. The van der Waals surface area contributed by atoms with Gasteiger partial charge in [0.2, 0.25) is 0 Å². The monoisotopic (exact) mass is 775 g/mol. The third-order valence-electron chi connectivity index (χ3n) is 12.5. The number of aromatic nitrogens is 3. The van der Waals surface area contributed by atoms with Crippen LogP contribution >= 0.6 is 0 Å². The van der Waals surface area contributed by atoms with Crippen molar-refractivity contribution in [2.45, 2.75) is 0 Å². The number of hydrogen-bond acceptors (Lipinski definition) is 4. The Balaban J connectivity index is 0.994. The van der Waals surface area contributed by atoms with Crippen molar-refractivity contribution in [3.63, 3.8) is 0 Å². The molecule has 0 bridgehead atoms. The fraction of sp³-hybridized carbons (Fsp3) is 0.